The summed E-state index contributed by atoms with van der Waals surface area (Å²) < 4.78 is 23.2. The van der Waals surface area contributed by atoms with Crippen molar-refractivity contribution in [2.24, 2.45) is 0 Å². The molecule has 5 heteroatoms. The average Bonchev–Trinajstić information content (AvgIpc) is 2.41. The van der Waals surface area contributed by atoms with Gasteiger partial charge in [-0.1, -0.05) is 0 Å². The summed E-state index contributed by atoms with van der Waals surface area (Å²) in [6, 6.07) is 1.50. The van der Waals surface area contributed by atoms with Crippen LogP contribution in [0.1, 0.15) is 4.11 Å². The second kappa shape index (κ2) is 2.61. The molecule has 5 nitrogen and oxygen atoms in total. The molecule has 2 aromatic rings. The van der Waals surface area contributed by atoms with Crippen LogP contribution in [0.15, 0.2) is 30.9 Å². The lowest BCUT2D eigenvalue weighted by molar-refractivity contribution is 0.929. The topological polar surface area (TPSA) is 69.6 Å². The highest BCUT2D eigenvalue weighted by atomic mass is 15.2. The first-order chi connectivity index (χ1) is 7.09. The fourth-order valence-electron chi connectivity index (χ4n) is 0.739. The van der Waals surface area contributed by atoms with E-state index in [4.69, 9.17) is 9.85 Å². The molecule has 2 N–H and O–H groups in total. The monoisotopic (exact) mass is 164 g/mol. The van der Waals surface area contributed by atoms with Gasteiger partial charge < -0.3 is 5.73 Å². The van der Waals surface area contributed by atoms with Crippen molar-refractivity contribution < 1.29 is 4.11 Å². The van der Waals surface area contributed by atoms with Crippen molar-refractivity contribution in [3.8, 4) is 5.95 Å². The summed E-state index contributed by atoms with van der Waals surface area (Å²) in [6.07, 6.45) is 0.646. The highest BCUT2D eigenvalue weighted by Crippen LogP contribution is 2.01. The number of hydrogen-bond donors (Lipinski definition) is 1. The van der Waals surface area contributed by atoms with Gasteiger partial charge in [-0.05, 0) is 6.07 Å². The summed E-state index contributed by atoms with van der Waals surface area (Å²) in [5.74, 6) is 0.315. The Morgan fingerprint density at radius 2 is 2.50 bits per heavy atom. The van der Waals surface area contributed by atoms with E-state index in [-0.39, 0.29) is 30.4 Å². The molecule has 2 heterocycles. The average molecular weight is 164 g/mol. The molecule has 0 aromatic carbocycles. The Hall–Kier alpha value is -1.91. The summed E-state index contributed by atoms with van der Waals surface area (Å²) in [6.45, 7) is 0. The maximum Gasteiger partial charge on any atom is 0.236 e. The molecule has 60 valence electrons. The number of nitrogen functional groups attached to an aromatic ring is 1. The van der Waals surface area contributed by atoms with E-state index in [1.54, 1.807) is 0 Å². The molecular formula is C7H7N5. The van der Waals surface area contributed by atoms with Crippen LogP contribution in [-0.2, 0) is 0 Å². The molecule has 12 heavy (non-hydrogen) atoms. The van der Waals surface area contributed by atoms with Crippen LogP contribution in [0.25, 0.3) is 5.95 Å². The first-order valence-electron chi connectivity index (χ1n) is 4.71. The molecule has 2 rings (SSSR count). The fraction of sp³-hybridized carbons (Fsp3) is 0. The SMILES string of the molecule is [2H]c1nc([2H])n(-c2nccc(N)n2)c1[2H]. The van der Waals surface area contributed by atoms with Gasteiger partial charge in [-0.2, -0.15) is 4.98 Å². The van der Waals surface area contributed by atoms with Crippen molar-refractivity contribution in [2.75, 3.05) is 5.73 Å². The van der Waals surface area contributed by atoms with Crippen LogP contribution in [0.3, 0.4) is 0 Å². The van der Waals surface area contributed by atoms with Gasteiger partial charge in [0.05, 0.1) is 2.74 Å². The second-order valence-electron chi connectivity index (χ2n) is 2.05. The molecule has 0 bridgehead atoms. The fourth-order valence-corrected chi connectivity index (χ4v) is 0.739. The Labute approximate surface area is 73.1 Å². The van der Waals surface area contributed by atoms with E-state index in [1.807, 2.05) is 0 Å². The molecular weight excluding hydrogens is 154 g/mol. The van der Waals surface area contributed by atoms with Gasteiger partial charge in [0.1, 0.15) is 13.5 Å². The number of imidazole rings is 1. The first kappa shape index (κ1) is 4.20. The number of hydrogen-bond acceptors (Lipinski definition) is 4. The quantitative estimate of drug-likeness (QED) is 0.655. The van der Waals surface area contributed by atoms with Gasteiger partial charge in [-0.25, -0.2) is 9.97 Å². The summed E-state index contributed by atoms with van der Waals surface area (Å²) in [5.41, 5.74) is 5.45. The van der Waals surface area contributed by atoms with Crippen LogP contribution in [0, 0.1) is 0 Å². The van der Waals surface area contributed by atoms with Crippen LogP contribution in [0.4, 0.5) is 5.82 Å². The zero-order valence-corrected chi connectivity index (χ0v) is 6.02. The zero-order chi connectivity index (χ0) is 11.0. The van der Waals surface area contributed by atoms with Crippen molar-refractivity contribution in [1.82, 2.24) is 19.5 Å². The van der Waals surface area contributed by atoms with E-state index in [0.29, 0.717) is 0 Å². The third-order valence-corrected chi connectivity index (χ3v) is 1.23. The van der Waals surface area contributed by atoms with Crippen LogP contribution in [-0.4, -0.2) is 19.5 Å². The molecule has 0 aliphatic carbocycles. The van der Waals surface area contributed by atoms with Gasteiger partial charge in [-0.3, -0.25) is 4.57 Å². The molecule has 0 aliphatic heterocycles. The molecule has 0 saturated heterocycles. The van der Waals surface area contributed by atoms with Crippen molar-refractivity contribution in [3.05, 3.63) is 30.9 Å². The van der Waals surface area contributed by atoms with Crippen molar-refractivity contribution in [3.63, 3.8) is 0 Å². The Kier molecular flexibility index (Phi) is 0.914. The third kappa shape index (κ3) is 1.12. The van der Waals surface area contributed by atoms with Gasteiger partial charge in [0, 0.05) is 18.5 Å². The van der Waals surface area contributed by atoms with E-state index in [9.17, 15) is 0 Å². The van der Waals surface area contributed by atoms with Gasteiger partial charge >= 0.3 is 0 Å². The van der Waals surface area contributed by atoms with Crippen molar-refractivity contribution in [2.45, 2.75) is 0 Å². The molecule has 0 unspecified atom stereocenters. The third-order valence-electron chi connectivity index (χ3n) is 1.23. The number of nitrogens with two attached hydrogens (primary N) is 1. The lowest BCUT2D eigenvalue weighted by atomic mass is 10.6. The summed E-state index contributed by atoms with van der Waals surface area (Å²) in [7, 11) is 0. The van der Waals surface area contributed by atoms with E-state index in [2.05, 4.69) is 15.0 Å². The minimum Gasteiger partial charge on any atom is -0.384 e. The predicted molar refractivity (Wildman–Crippen MR) is 43.6 cm³/mol. The predicted octanol–water partition coefficient (Wildman–Crippen LogP) is 0.244. The summed E-state index contributed by atoms with van der Waals surface area (Å²) >= 11 is 0. The standard InChI is InChI=1S/C7H7N5/c8-6-1-2-10-7(11-6)12-4-3-9-5-12/h1-5H,(H2,8,10,11)/i3D,4D,5D. The molecule has 0 aliphatic rings. The van der Waals surface area contributed by atoms with Crippen molar-refractivity contribution >= 4 is 5.82 Å². The molecule has 0 amide bonds. The molecule has 0 fully saturated rings. The minimum atomic E-state index is -0.286. The molecule has 0 saturated carbocycles. The molecule has 2 aromatic heterocycles. The Morgan fingerprint density at radius 1 is 1.58 bits per heavy atom. The van der Waals surface area contributed by atoms with Crippen LogP contribution in [0.5, 0.6) is 0 Å². The Morgan fingerprint density at radius 3 is 3.17 bits per heavy atom. The lowest BCUT2D eigenvalue weighted by Crippen LogP contribution is -2.00. The summed E-state index contributed by atoms with van der Waals surface area (Å²) in [5, 5.41) is 0. The zero-order valence-electron chi connectivity index (χ0n) is 9.02. The molecule has 0 spiro atoms. The lowest BCUT2D eigenvalue weighted by Gasteiger charge is -1.98. The van der Waals surface area contributed by atoms with E-state index in [1.165, 1.54) is 12.3 Å². The smallest absolute Gasteiger partial charge is 0.236 e. The first-order valence-corrected chi connectivity index (χ1v) is 3.21. The number of nitrogens with zero attached hydrogens (tertiary/aromatic N) is 4. The Balaban J connectivity index is 2.63. The number of rotatable bonds is 1. The van der Waals surface area contributed by atoms with Gasteiger partial charge in [0.25, 0.3) is 0 Å². The van der Waals surface area contributed by atoms with Gasteiger partial charge in [0.2, 0.25) is 5.95 Å². The highest BCUT2D eigenvalue weighted by molar-refractivity contribution is 5.29. The number of aromatic nitrogens is 4. The largest absolute Gasteiger partial charge is 0.384 e. The maximum absolute atomic E-state index is 7.50. The molecule has 0 radical (unpaired) electrons. The van der Waals surface area contributed by atoms with E-state index in [0.717, 1.165) is 4.57 Å². The molecule has 0 atom stereocenters. The number of anilines is 1. The summed E-state index contributed by atoms with van der Waals surface area (Å²) in [4.78, 5) is 11.2. The van der Waals surface area contributed by atoms with Gasteiger partial charge in [-0.15, -0.1) is 0 Å². The highest BCUT2D eigenvalue weighted by Gasteiger charge is 1.97. The van der Waals surface area contributed by atoms with Crippen LogP contribution in [0.2, 0.25) is 0 Å². The minimum absolute atomic E-state index is 0.0796. The van der Waals surface area contributed by atoms with Crippen LogP contribution >= 0.6 is 0 Å². The maximum atomic E-state index is 7.50. The Bertz CT molecular complexity index is 509. The van der Waals surface area contributed by atoms with Crippen molar-refractivity contribution in [1.29, 1.82) is 0 Å². The normalized spacial score (nSPS) is 13.5. The van der Waals surface area contributed by atoms with E-state index >= 15 is 0 Å². The van der Waals surface area contributed by atoms with Crippen LogP contribution < -0.4 is 5.73 Å². The van der Waals surface area contributed by atoms with Gasteiger partial charge in [0.15, 0.2) is 0 Å². The van der Waals surface area contributed by atoms with E-state index < -0.39 is 0 Å². The second-order valence-corrected chi connectivity index (χ2v) is 2.05.